The molecule has 404 valence electrons. The Hall–Kier alpha value is -6.90. The number of phosphoric ester groups is 1. The second-order valence-corrected chi connectivity index (χ2v) is 24.0. The highest BCUT2D eigenvalue weighted by atomic mass is 32.2. The first-order valence-electron chi connectivity index (χ1n) is 25.0. The molecule has 4 heterocycles. The standard InChI is InChI=1S/C56H58N3O15PS2/c1-7-58-45-27-23-36(76(65,66)67)32-43(45)54(3,4)49(58)19-11-9-12-20-50-55(5,6)44-33-37(77(68,69)70)24-28-46(44)59(50)30-16-10-13-21-51(60)57-34-39-47(71-8-2)29-26-42-52(39)72-48-31-35(74-75(62,63)64)22-25-41(48)56(42)40-18-15-14-17-38(40)53(61)73-56/h9,11-12,14-15,17-20,22-29,31-33H,7-8,10,13,16,21,30,34H2,1-6H3,(H4-,57,60,62,63,64,65,66,67,68,69,70)/p+1. The zero-order chi connectivity index (χ0) is 55.5. The molecule has 5 N–H and O–H groups in total. The van der Waals surface area contributed by atoms with Gasteiger partial charge >= 0.3 is 13.8 Å². The number of hydrogen-bond acceptors (Lipinski definition) is 12. The van der Waals surface area contributed by atoms with Crippen LogP contribution in [0.25, 0.3) is 0 Å². The number of phosphoric acid groups is 1. The summed E-state index contributed by atoms with van der Waals surface area (Å²) < 4.78 is 106. The van der Waals surface area contributed by atoms with Crippen LogP contribution in [0.1, 0.15) is 111 Å². The highest BCUT2D eigenvalue weighted by molar-refractivity contribution is 7.86. The minimum Gasteiger partial charge on any atom is -0.493 e. The number of rotatable bonds is 18. The number of esters is 1. The van der Waals surface area contributed by atoms with Crippen LogP contribution in [0.4, 0.5) is 11.4 Å². The lowest BCUT2D eigenvalue weighted by atomic mass is 9.77. The Morgan fingerprint density at radius 2 is 1.49 bits per heavy atom. The molecule has 5 aromatic rings. The van der Waals surface area contributed by atoms with Crippen molar-refractivity contribution in [3.05, 3.63) is 166 Å². The fourth-order valence-electron chi connectivity index (χ4n) is 11.0. The zero-order valence-electron chi connectivity index (χ0n) is 43.1. The molecule has 18 nitrogen and oxygen atoms in total. The molecular weight excluding hydrogens is 1050 g/mol. The van der Waals surface area contributed by atoms with Crippen LogP contribution in [-0.4, -0.2) is 77.6 Å². The molecule has 0 saturated heterocycles. The number of nitrogens with zero attached hydrogens (tertiary/aromatic N) is 2. The third-order valence-electron chi connectivity index (χ3n) is 14.6. The number of carbonyl (C=O) groups is 2. The van der Waals surface area contributed by atoms with Crippen LogP contribution in [0.2, 0.25) is 0 Å². The predicted octanol–water partition coefficient (Wildman–Crippen LogP) is 9.69. The normalized spacial score (nSPS) is 18.5. The topological polar surface area (TPSA) is 256 Å². The molecule has 4 aliphatic rings. The van der Waals surface area contributed by atoms with Crippen molar-refractivity contribution in [1.82, 2.24) is 5.32 Å². The van der Waals surface area contributed by atoms with Gasteiger partial charge in [0.25, 0.3) is 20.2 Å². The molecule has 4 aliphatic heterocycles. The highest BCUT2D eigenvalue weighted by Gasteiger charge is 2.54. The summed E-state index contributed by atoms with van der Waals surface area (Å²) in [6, 6.07) is 23.7. The molecule has 9 rings (SSSR count). The molecule has 0 fully saturated rings. The Balaban J connectivity index is 0.921. The molecular formula is C56H59N3O15PS2+. The average Bonchev–Trinajstić information content (AvgIpc) is 4.04. The van der Waals surface area contributed by atoms with Crippen LogP contribution >= 0.6 is 7.82 Å². The third kappa shape index (κ3) is 10.3. The van der Waals surface area contributed by atoms with Gasteiger partial charge in [0.15, 0.2) is 11.3 Å². The maximum absolute atomic E-state index is 13.7. The largest absolute Gasteiger partial charge is 0.524 e. The minimum atomic E-state index is -4.97. The van der Waals surface area contributed by atoms with Gasteiger partial charge in [-0.3, -0.25) is 23.7 Å². The molecule has 0 aromatic heterocycles. The smallest absolute Gasteiger partial charge is 0.493 e. The molecule has 0 bridgehead atoms. The lowest BCUT2D eigenvalue weighted by molar-refractivity contribution is -0.438. The van der Waals surface area contributed by atoms with Crippen molar-refractivity contribution in [1.29, 1.82) is 0 Å². The van der Waals surface area contributed by atoms with Gasteiger partial charge in [-0.2, -0.15) is 21.4 Å². The van der Waals surface area contributed by atoms with E-state index in [2.05, 4.69) is 14.8 Å². The number of amides is 1. The maximum Gasteiger partial charge on any atom is 0.524 e. The summed E-state index contributed by atoms with van der Waals surface area (Å²) in [6.07, 6.45) is 11.6. The van der Waals surface area contributed by atoms with Gasteiger partial charge in [0.2, 0.25) is 11.6 Å². The Bertz CT molecular complexity index is 3670. The van der Waals surface area contributed by atoms with Gasteiger partial charge in [-0.05, 0) is 113 Å². The summed E-state index contributed by atoms with van der Waals surface area (Å²) in [6.45, 7) is 13.1. The Labute approximate surface area is 447 Å². The second-order valence-electron chi connectivity index (χ2n) is 20.0. The lowest BCUT2D eigenvalue weighted by Gasteiger charge is -2.37. The van der Waals surface area contributed by atoms with Crippen molar-refractivity contribution in [3.63, 3.8) is 0 Å². The molecule has 5 aromatic carbocycles. The SMILES string of the molecule is CCOc1ccc2c(c1CNC(=O)CCCCC[N+]1=C(/C=C/C=C/C=C3/N(CC)c4ccc(S(=O)(=O)O)cc4C3(C)C)C(C)(C)c3cc(S(=O)(=O)O)ccc31)Oc1cc(OP(=O)(O)O)ccc1C21OC(=O)c2ccccc21. The number of unbranched alkanes of at least 4 members (excludes halogenated alkanes) is 2. The van der Waals surface area contributed by atoms with Crippen molar-refractivity contribution in [2.45, 2.75) is 100.0 Å². The first-order chi connectivity index (χ1) is 36.3. The van der Waals surface area contributed by atoms with E-state index in [0.717, 1.165) is 28.3 Å². The molecule has 1 atom stereocenters. The molecule has 0 saturated carbocycles. The van der Waals surface area contributed by atoms with Gasteiger partial charge < -0.3 is 29.0 Å². The molecule has 0 aliphatic carbocycles. The number of nitrogens with one attached hydrogen (secondary N) is 1. The number of benzene rings is 5. The second kappa shape index (κ2) is 20.5. The van der Waals surface area contributed by atoms with E-state index in [1.165, 1.54) is 42.5 Å². The summed E-state index contributed by atoms with van der Waals surface area (Å²) in [7, 11) is -13.9. The van der Waals surface area contributed by atoms with E-state index in [1.54, 1.807) is 55.5 Å². The van der Waals surface area contributed by atoms with Crippen molar-refractivity contribution < 1.29 is 73.2 Å². The van der Waals surface area contributed by atoms with Crippen LogP contribution in [-0.2, 0) is 57.3 Å². The first kappa shape index (κ1) is 54.9. The van der Waals surface area contributed by atoms with Crippen LogP contribution in [0.5, 0.6) is 23.0 Å². The zero-order valence-corrected chi connectivity index (χ0v) is 45.7. The van der Waals surface area contributed by atoms with Crippen LogP contribution < -0.4 is 24.2 Å². The molecule has 1 unspecified atom stereocenters. The summed E-state index contributed by atoms with van der Waals surface area (Å²) in [4.78, 5) is 48.1. The van der Waals surface area contributed by atoms with Crippen molar-refractivity contribution >= 4 is 57.0 Å². The lowest BCUT2D eigenvalue weighted by Crippen LogP contribution is -2.34. The Morgan fingerprint density at radius 1 is 0.792 bits per heavy atom. The molecule has 21 heteroatoms. The number of anilines is 1. The molecule has 1 spiro atoms. The van der Waals surface area contributed by atoms with Gasteiger partial charge in [0.1, 0.15) is 29.5 Å². The molecule has 1 amide bonds. The molecule has 0 radical (unpaired) electrons. The van der Waals surface area contributed by atoms with Gasteiger partial charge in [-0.15, -0.1) is 0 Å². The van der Waals surface area contributed by atoms with Crippen LogP contribution in [0, 0.1) is 0 Å². The summed E-state index contributed by atoms with van der Waals surface area (Å²) >= 11 is 0. The third-order valence-corrected chi connectivity index (χ3v) is 16.7. The maximum atomic E-state index is 13.7. The number of hydrogen-bond donors (Lipinski definition) is 5. The number of ether oxygens (including phenoxy) is 3. The average molecular weight is 1110 g/mol. The summed E-state index contributed by atoms with van der Waals surface area (Å²) in [5.41, 5.74) is 4.24. The Kier molecular flexibility index (Phi) is 14.6. The van der Waals surface area contributed by atoms with E-state index < -0.39 is 50.5 Å². The predicted molar refractivity (Wildman–Crippen MR) is 287 cm³/mol. The fourth-order valence-corrected chi connectivity index (χ4v) is 12.4. The van der Waals surface area contributed by atoms with E-state index in [9.17, 15) is 49.9 Å². The van der Waals surface area contributed by atoms with E-state index in [4.69, 9.17) is 18.7 Å². The number of allylic oxidation sites excluding steroid dienone is 6. The number of likely N-dealkylation sites (N-methyl/N-ethyl adjacent to an activating group) is 1. The van der Waals surface area contributed by atoms with Gasteiger partial charge in [-0.1, -0.05) is 50.3 Å². The van der Waals surface area contributed by atoms with Crippen molar-refractivity contribution in [3.8, 4) is 23.0 Å². The van der Waals surface area contributed by atoms with E-state index in [-0.39, 0.29) is 52.5 Å². The fraction of sp³-hybridized carbons (Fsp3) is 0.304. The quantitative estimate of drug-likeness (QED) is 0.0137. The van der Waals surface area contributed by atoms with Crippen LogP contribution in [0.3, 0.4) is 0 Å². The molecule has 77 heavy (non-hydrogen) atoms. The van der Waals surface area contributed by atoms with Gasteiger partial charge in [0, 0.05) is 76.6 Å². The van der Waals surface area contributed by atoms with E-state index in [1.807, 2.05) is 65.0 Å². The number of fused-ring (bicyclic) bond motifs is 8. The monoisotopic (exact) mass is 1110 g/mol. The summed E-state index contributed by atoms with van der Waals surface area (Å²) in [5, 5.41) is 3.00. The van der Waals surface area contributed by atoms with E-state index >= 15 is 0 Å². The van der Waals surface area contributed by atoms with Crippen molar-refractivity contribution in [2.24, 2.45) is 0 Å². The summed E-state index contributed by atoms with van der Waals surface area (Å²) in [5.74, 6) is -0.322. The first-order valence-corrected chi connectivity index (χ1v) is 29.4. The minimum absolute atomic E-state index is 0.0570. The number of carbonyl (C=O) groups excluding carboxylic acids is 2. The Morgan fingerprint density at radius 3 is 2.19 bits per heavy atom. The van der Waals surface area contributed by atoms with Gasteiger partial charge in [0.05, 0.1) is 39.5 Å². The van der Waals surface area contributed by atoms with Crippen molar-refractivity contribution in [2.75, 3.05) is 24.6 Å². The van der Waals surface area contributed by atoms with Crippen LogP contribution in [0.15, 0.2) is 137 Å². The highest BCUT2D eigenvalue weighted by Crippen LogP contribution is 2.59. The van der Waals surface area contributed by atoms with E-state index in [0.29, 0.717) is 71.5 Å². The van der Waals surface area contributed by atoms with Gasteiger partial charge in [-0.25, -0.2) is 9.36 Å².